The second kappa shape index (κ2) is 13.1. The van der Waals surface area contributed by atoms with E-state index in [1.165, 1.54) is 32.1 Å². The number of aryl methyl sites for hydroxylation is 1. The molecule has 7 nitrogen and oxygen atoms in total. The van der Waals surface area contributed by atoms with Crippen LogP contribution in [0, 0.1) is 12.8 Å². The van der Waals surface area contributed by atoms with Crippen molar-refractivity contribution < 1.29 is 23.1 Å². The molecule has 8 heteroatoms. The maximum absolute atomic E-state index is 13.4. The van der Waals surface area contributed by atoms with Gasteiger partial charge in [0.2, 0.25) is 0 Å². The van der Waals surface area contributed by atoms with Crippen molar-refractivity contribution in [2.75, 3.05) is 19.1 Å². The lowest BCUT2D eigenvalue weighted by Gasteiger charge is -2.39. The molecule has 1 saturated carbocycles. The lowest BCUT2D eigenvalue weighted by atomic mass is 9.80. The molecule has 1 aliphatic rings. The fourth-order valence-electron chi connectivity index (χ4n) is 5.55. The zero-order chi connectivity index (χ0) is 28.8. The van der Waals surface area contributed by atoms with Crippen LogP contribution in [0.15, 0.2) is 42.5 Å². The van der Waals surface area contributed by atoms with E-state index in [1.54, 1.807) is 6.07 Å². The van der Waals surface area contributed by atoms with Gasteiger partial charge in [-0.1, -0.05) is 62.4 Å². The van der Waals surface area contributed by atoms with E-state index in [0.717, 1.165) is 40.8 Å². The minimum Gasteiger partial charge on any atom is -0.480 e. The topological polar surface area (TPSA) is 104 Å². The normalized spacial score (nSPS) is 15.7. The first-order valence-electron chi connectivity index (χ1n) is 13.9. The van der Waals surface area contributed by atoms with Gasteiger partial charge in [-0.05, 0) is 81.0 Å². The van der Waals surface area contributed by atoms with Crippen LogP contribution in [0.4, 0.5) is 0 Å². The lowest BCUT2D eigenvalue weighted by molar-refractivity contribution is -0.139. The first-order valence-corrected chi connectivity index (χ1v) is 15.9. The Labute approximate surface area is 233 Å². The highest BCUT2D eigenvalue weighted by Gasteiger charge is 2.29. The van der Waals surface area contributed by atoms with Gasteiger partial charge in [-0.15, -0.1) is 0 Å². The van der Waals surface area contributed by atoms with Crippen molar-refractivity contribution in [3.05, 3.63) is 59.2 Å². The molecule has 1 fully saturated rings. The van der Waals surface area contributed by atoms with Crippen molar-refractivity contribution in [2.45, 2.75) is 83.8 Å². The van der Waals surface area contributed by atoms with Gasteiger partial charge in [-0.3, -0.25) is 9.69 Å². The molecule has 1 atom stereocenters. The summed E-state index contributed by atoms with van der Waals surface area (Å²) in [5.74, 6) is -1.36. The van der Waals surface area contributed by atoms with Crippen molar-refractivity contribution in [1.82, 2.24) is 10.2 Å². The Balaban J connectivity index is 1.88. The maximum atomic E-state index is 13.4. The highest BCUT2D eigenvalue weighted by molar-refractivity contribution is 7.90. The van der Waals surface area contributed by atoms with E-state index in [9.17, 15) is 23.1 Å². The third kappa shape index (κ3) is 8.90. The lowest BCUT2D eigenvalue weighted by Crippen LogP contribution is -2.42. The van der Waals surface area contributed by atoms with E-state index in [0.29, 0.717) is 12.1 Å². The number of hydrogen-bond acceptors (Lipinski definition) is 5. The number of aliphatic carboxylic acids is 1. The van der Waals surface area contributed by atoms with E-state index < -0.39 is 27.8 Å². The fourth-order valence-corrected chi connectivity index (χ4v) is 6.22. The Morgan fingerprint density at radius 2 is 1.74 bits per heavy atom. The minimum absolute atomic E-state index is 0.0230. The van der Waals surface area contributed by atoms with Crippen LogP contribution in [0.3, 0.4) is 0 Å². The second-order valence-corrected chi connectivity index (χ2v) is 14.1. The average molecular weight is 557 g/mol. The molecule has 214 valence electrons. The van der Waals surface area contributed by atoms with Crippen LogP contribution in [0.1, 0.15) is 80.3 Å². The second-order valence-electron chi connectivity index (χ2n) is 11.9. The molecule has 0 bridgehead atoms. The Hall–Kier alpha value is -2.71. The molecule has 2 aromatic rings. The summed E-state index contributed by atoms with van der Waals surface area (Å²) in [7, 11) is -1.22. The van der Waals surface area contributed by atoms with Crippen LogP contribution >= 0.6 is 0 Å². The molecule has 0 saturated heterocycles. The smallest absolute Gasteiger partial charge is 0.326 e. The van der Waals surface area contributed by atoms with E-state index in [4.69, 9.17) is 0 Å². The molecule has 0 aromatic heterocycles. The minimum atomic E-state index is -3.37. The van der Waals surface area contributed by atoms with Crippen LogP contribution in [0.25, 0.3) is 11.1 Å². The van der Waals surface area contributed by atoms with Gasteiger partial charge in [0.05, 0.1) is 5.75 Å². The number of nitrogens with one attached hydrogen (secondary N) is 1. The highest BCUT2D eigenvalue weighted by atomic mass is 32.2. The fraction of sp³-hybridized carbons (Fsp3) is 0.548. The van der Waals surface area contributed by atoms with E-state index >= 15 is 0 Å². The number of rotatable bonds is 12. The van der Waals surface area contributed by atoms with Crippen LogP contribution in [0.2, 0.25) is 0 Å². The molecule has 39 heavy (non-hydrogen) atoms. The van der Waals surface area contributed by atoms with Crippen LogP contribution in [-0.2, 0) is 21.2 Å². The average Bonchev–Trinajstić information content (AvgIpc) is 2.86. The molecular weight excluding hydrogens is 512 g/mol. The zero-order valence-electron chi connectivity index (χ0n) is 24.0. The van der Waals surface area contributed by atoms with Crippen molar-refractivity contribution in [3.8, 4) is 11.1 Å². The number of carbonyl (C=O) groups is 2. The van der Waals surface area contributed by atoms with Crippen LogP contribution in [0.5, 0.6) is 0 Å². The molecule has 0 radical (unpaired) electrons. The first-order chi connectivity index (χ1) is 18.3. The quantitative estimate of drug-likeness (QED) is 0.360. The number of carboxylic acid groups (broad SMARTS) is 1. The van der Waals surface area contributed by atoms with Gasteiger partial charge in [0.1, 0.15) is 15.9 Å². The molecule has 2 aromatic carbocycles. The van der Waals surface area contributed by atoms with Crippen molar-refractivity contribution >= 4 is 21.7 Å². The third-order valence-corrected chi connectivity index (χ3v) is 9.09. The Bertz CT molecular complexity index is 1270. The summed E-state index contributed by atoms with van der Waals surface area (Å²) in [6, 6.07) is 12.2. The highest BCUT2D eigenvalue weighted by Crippen LogP contribution is 2.34. The molecule has 0 heterocycles. The standard InChI is InChI=1S/C31H44N2O5S/c1-22-11-9-10-14-25(22)27-19-24(21-33(4)31(2,3)20-23-12-7-6-8-13-23)15-16-26(27)29(34)32-28(30(35)36)17-18-39(5,37)38/h9-11,14-16,19,23,28H,6-8,12-13,17-18,20-21H2,1-5H3,(H,32,34)(H,35,36). The van der Waals surface area contributed by atoms with Gasteiger partial charge >= 0.3 is 5.97 Å². The van der Waals surface area contributed by atoms with Crippen LogP contribution in [-0.4, -0.2) is 60.9 Å². The summed E-state index contributed by atoms with van der Waals surface area (Å²) in [5, 5.41) is 12.2. The molecule has 1 amide bonds. The SMILES string of the molecule is Cc1ccccc1-c1cc(CN(C)C(C)(C)CC2CCCCC2)ccc1C(=O)NC(CCS(C)(=O)=O)C(=O)O. The predicted molar refractivity (Wildman–Crippen MR) is 157 cm³/mol. The predicted octanol–water partition coefficient (Wildman–Crippen LogP) is 5.46. The van der Waals surface area contributed by atoms with E-state index in [-0.39, 0.29) is 17.7 Å². The summed E-state index contributed by atoms with van der Waals surface area (Å²) < 4.78 is 23.2. The molecular formula is C31H44N2O5S. The molecule has 0 aliphatic heterocycles. The summed E-state index contributed by atoms with van der Waals surface area (Å²) >= 11 is 0. The number of sulfone groups is 1. The van der Waals surface area contributed by atoms with E-state index in [2.05, 4.69) is 31.1 Å². The number of carbonyl (C=O) groups excluding carboxylic acids is 1. The largest absolute Gasteiger partial charge is 0.480 e. The van der Waals surface area contributed by atoms with Gasteiger partial charge in [-0.2, -0.15) is 0 Å². The number of hydrogen-bond donors (Lipinski definition) is 2. The molecule has 3 rings (SSSR count). The van der Waals surface area contributed by atoms with Crippen LogP contribution < -0.4 is 5.32 Å². The summed E-state index contributed by atoms with van der Waals surface area (Å²) in [4.78, 5) is 27.5. The monoisotopic (exact) mass is 556 g/mol. The third-order valence-electron chi connectivity index (χ3n) is 8.11. The van der Waals surface area contributed by atoms with Crippen molar-refractivity contribution in [2.24, 2.45) is 5.92 Å². The van der Waals surface area contributed by atoms with Gasteiger partial charge < -0.3 is 10.4 Å². The van der Waals surface area contributed by atoms with Gasteiger partial charge in [0, 0.05) is 23.9 Å². The summed E-state index contributed by atoms with van der Waals surface area (Å²) in [6.45, 7) is 7.30. The number of amides is 1. The molecule has 0 spiro atoms. The van der Waals surface area contributed by atoms with Gasteiger partial charge in [-0.25, -0.2) is 13.2 Å². The number of benzene rings is 2. The number of nitrogens with zero attached hydrogens (tertiary/aromatic N) is 1. The van der Waals surface area contributed by atoms with E-state index in [1.807, 2.05) is 43.3 Å². The Morgan fingerprint density at radius 3 is 2.36 bits per heavy atom. The Kier molecular flexibility index (Phi) is 10.4. The zero-order valence-corrected chi connectivity index (χ0v) is 24.8. The van der Waals surface area contributed by atoms with Gasteiger partial charge in [0.15, 0.2) is 0 Å². The summed E-state index contributed by atoms with van der Waals surface area (Å²) in [6.07, 6.45) is 8.61. The Morgan fingerprint density at radius 1 is 1.08 bits per heavy atom. The van der Waals surface area contributed by atoms with Gasteiger partial charge in [0.25, 0.3) is 5.91 Å². The van der Waals surface area contributed by atoms with Crippen molar-refractivity contribution in [1.29, 1.82) is 0 Å². The molecule has 1 unspecified atom stereocenters. The molecule has 2 N–H and O–H groups in total. The molecule has 1 aliphatic carbocycles. The van der Waals surface area contributed by atoms with Crippen molar-refractivity contribution in [3.63, 3.8) is 0 Å². The summed E-state index contributed by atoms with van der Waals surface area (Å²) in [5.41, 5.74) is 4.08. The maximum Gasteiger partial charge on any atom is 0.326 e. The number of carboxylic acids is 1. The first kappa shape index (κ1) is 30.8.